The molecule has 0 aliphatic carbocycles. The van der Waals surface area contributed by atoms with Crippen molar-refractivity contribution in [2.24, 2.45) is 0 Å². The van der Waals surface area contributed by atoms with E-state index in [1.54, 1.807) is 38.3 Å². The zero-order valence-electron chi connectivity index (χ0n) is 20.0. The highest BCUT2D eigenvalue weighted by atomic mass is 32.2. The van der Waals surface area contributed by atoms with Crippen LogP contribution in [0.15, 0.2) is 57.4 Å². The van der Waals surface area contributed by atoms with Gasteiger partial charge in [0.05, 0.1) is 23.3 Å². The van der Waals surface area contributed by atoms with Gasteiger partial charge in [-0.3, -0.25) is 4.79 Å². The lowest BCUT2D eigenvalue weighted by Crippen LogP contribution is -2.30. The molecule has 36 heavy (non-hydrogen) atoms. The molecule has 0 saturated carbocycles. The molecule has 1 aromatic carbocycles. The van der Waals surface area contributed by atoms with Crippen molar-refractivity contribution < 1.29 is 36.7 Å². The third-order valence-corrected chi connectivity index (χ3v) is 8.04. The lowest BCUT2D eigenvalue weighted by atomic mass is 10.1. The SMILES string of the molecule is CCOC(=O)c1c(-c2ccco2)csc1NC(=O)COC(=O)c1ccc(S(=O)(=O)N(CC)CC)cc1. The molecule has 3 aromatic rings. The first kappa shape index (κ1) is 27.1. The summed E-state index contributed by atoms with van der Waals surface area (Å²) in [5, 5.41) is 4.45. The van der Waals surface area contributed by atoms with E-state index in [1.165, 1.54) is 34.8 Å². The van der Waals surface area contributed by atoms with Crippen LogP contribution in [-0.4, -0.2) is 56.9 Å². The number of hydrogen-bond acceptors (Lipinski definition) is 9. The predicted molar refractivity (Wildman–Crippen MR) is 133 cm³/mol. The molecule has 2 aromatic heterocycles. The van der Waals surface area contributed by atoms with Crippen molar-refractivity contribution in [2.75, 3.05) is 31.6 Å². The fourth-order valence-electron chi connectivity index (χ4n) is 3.32. The van der Waals surface area contributed by atoms with Gasteiger partial charge in [-0.2, -0.15) is 4.31 Å². The lowest BCUT2D eigenvalue weighted by molar-refractivity contribution is -0.119. The van der Waals surface area contributed by atoms with Crippen molar-refractivity contribution in [2.45, 2.75) is 25.7 Å². The number of nitrogens with zero attached hydrogens (tertiary/aromatic N) is 1. The standard InChI is InChI=1S/C24H26N2O8S2/c1-4-26(5-2)36(30,31)17-11-9-16(10-12-17)23(28)34-14-20(27)25-22-21(24(29)32-6-3)18(15-35-22)19-8-7-13-33-19/h7-13,15H,4-6,14H2,1-3H3,(H,25,27). The van der Waals surface area contributed by atoms with Gasteiger partial charge >= 0.3 is 11.9 Å². The van der Waals surface area contributed by atoms with Crippen LogP contribution in [0, 0.1) is 0 Å². The van der Waals surface area contributed by atoms with E-state index >= 15 is 0 Å². The Hall–Kier alpha value is -3.48. The second-order valence-corrected chi connectivity index (χ2v) is 10.1. The second-order valence-electron chi connectivity index (χ2n) is 7.29. The smallest absolute Gasteiger partial charge is 0.341 e. The van der Waals surface area contributed by atoms with Crippen LogP contribution in [0.5, 0.6) is 0 Å². The van der Waals surface area contributed by atoms with Crippen LogP contribution in [0.4, 0.5) is 5.00 Å². The monoisotopic (exact) mass is 534 g/mol. The van der Waals surface area contributed by atoms with Gasteiger partial charge in [0.1, 0.15) is 16.3 Å². The molecular formula is C24H26N2O8S2. The Morgan fingerprint density at radius 2 is 1.69 bits per heavy atom. The third-order valence-electron chi connectivity index (χ3n) is 5.08. The minimum atomic E-state index is -3.66. The lowest BCUT2D eigenvalue weighted by Gasteiger charge is -2.18. The molecule has 10 nitrogen and oxygen atoms in total. The molecule has 0 aliphatic rings. The Morgan fingerprint density at radius 3 is 2.28 bits per heavy atom. The minimum Gasteiger partial charge on any atom is -0.464 e. The van der Waals surface area contributed by atoms with E-state index in [-0.39, 0.29) is 27.6 Å². The molecular weight excluding hydrogens is 508 g/mol. The predicted octanol–water partition coefficient (Wildman–Crippen LogP) is 4.01. The van der Waals surface area contributed by atoms with Gasteiger partial charge in [0.25, 0.3) is 5.91 Å². The second kappa shape index (κ2) is 12.0. The summed E-state index contributed by atoms with van der Waals surface area (Å²) in [6.45, 7) is 5.32. The molecule has 0 bridgehead atoms. The molecule has 0 fully saturated rings. The van der Waals surface area contributed by atoms with Crippen molar-refractivity contribution >= 4 is 44.2 Å². The molecule has 0 spiro atoms. The van der Waals surface area contributed by atoms with Crippen LogP contribution in [-0.2, 0) is 24.3 Å². The highest BCUT2D eigenvalue weighted by Crippen LogP contribution is 2.36. The number of carbonyl (C=O) groups excluding carboxylic acids is 3. The minimum absolute atomic E-state index is 0.0528. The zero-order valence-corrected chi connectivity index (χ0v) is 21.6. The van der Waals surface area contributed by atoms with E-state index in [0.29, 0.717) is 24.4 Å². The molecule has 0 unspecified atom stereocenters. The van der Waals surface area contributed by atoms with Crippen molar-refractivity contribution in [3.63, 3.8) is 0 Å². The molecule has 12 heteroatoms. The molecule has 0 saturated heterocycles. The fourth-order valence-corrected chi connectivity index (χ4v) is 5.73. The quantitative estimate of drug-likeness (QED) is 0.365. The first-order valence-electron chi connectivity index (χ1n) is 11.1. The number of benzene rings is 1. The van der Waals surface area contributed by atoms with E-state index in [0.717, 1.165) is 11.3 Å². The molecule has 1 N–H and O–H groups in total. The average molecular weight is 535 g/mol. The first-order valence-corrected chi connectivity index (χ1v) is 13.4. The Morgan fingerprint density at radius 1 is 1.00 bits per heavy atom. The summed E-state index contributed by atoms with van der Waals surface area (Å²) in [4.78, 5) is 37.4. The molecule has 3 rings (SSSR count). The van der Waals surface area contributed by atoms with Crippen molar-refractivity contribution in [3.8, 4) is 11.3 Å². The highest BCUT2D eigenvalue weighted by Gasteiger charge is 2.25. The van der Waals surface area contributed by atoms with Gasteiger partial charge in [-0.15, -0.1) is 11.3 Å². The highest BCUT2D eigenvalue weighted by molar-refractivity contribution is 7.89. The summed E-state index contributed by atoms with van der Waals surface area (Å²) >= 11 is 1.10. The summed E-state index contributed by atoms with van der Waals surface area (Å²) < 4.78 is 42.0. The summed E-state index contributed by atoms with van der Waals surface area (Å²) in [5.41, 5.74) is 0.696. The van der Waals surface area contributed by atoms with Gasteiger partial charge in [-0.25, -0.2) is 18.0 Å². The molecule has 0 atom stereocenters. The maximum Gasteiger partial charge on any atom is 0.341 e. The van der Waals surface area contributed by atoms with Gasteiger partial charge in [-0.1, -0.05) is 13.8 Å². The maximum absolute atomic E-state index is 12.6. The Labute approximate surface area is 212 Å². The number of furan rings is 1. The normalized spacial score (nSPS) is 11.3. The van der Waals surface area contributed by atoms with Crippen LogP contribution in [0.25, 0.3) is 11.3 Å². The summed E-state index contributed by atoms with van der Waals surface area (Å²) in [6, 6.07) is 8.63. The zero-order chi connectivity index (χ0) is 26.3. The number of carbonyl (C=O) groups is 3. The van der Waals surface area contributed by atoms with Crippen molar-refractivity contribution in [1.29, 1.82) is 0 Å². The molecule has 192 valence electrons. The van der Waals surface area contributed by atoms with Crippen LogP contribution in [0.2, 0.25) is 0 Å². The van der Waals surface area contributed by atoms with Crippen LogP contribution in [0.3, 0.4) is 0 Å². The number of amides is 1. The van der Waals surface area contributed by atoms with Crippen LogP contribution < -0.4 is 5.32 Å². The Bertz CT molecular complexity index is 1310. The van der Waals surface area contributed by atoms with Crippen molar-refractivity contribution in [3.05, 3.63) is 59.2 Å². The number of esters is 2. The fraction of sp³-hybridized carbons (Fsp3) is 0.292. The number of anilines is 1. The number of sulfonamides is 1. The van der Waals surface area contributed by atoms with E-state index in [2.05, 4.69) is 5.32 Å². The third kappa shape index (κ3) is 6.01. The molecule has 0 aliphatic heterocycles. The number of nitrogens with one attached hydrogen (secondary N) is 1. The van der Waals surface area contributed by atoms with Crippen molar-refractivity contribution in [1.82, 2.24) is 4.31 Å². The number of hydrogen-bond donors (Lipinski definition) is 1. The summed E-state index contributed by atoms with van der Waals surface area (Å²) in [5.74, 6) is -1.66. The largest absolute Gasteiger partial charge is 0.464 e. The van der Waals surface area contributed by atoms with Gasteiger partial charge in [-0.05, 0) is 43.3 Å². The average Bonchev–Trinajstić information content (AvgIpc) is 3.53. The molecule has 0 radical (unpaired) electrons. The van der Waals surface area contributed by atoms with Crippen LogP contribution in [0.1, 0.15) is 41.5 Å². The van der Waals surface area contributed by atoms with Gasteiger partial charge in [0.15, 0.2) is 6.61 Å². The number of ether oxygens (including phenoxy) is 2. The Kier molecular flexibility index (Phi) is 9.02. The number of thiophene rings is 1. The Balaban J connectivity index is 1.66. The van der Waals surface area contributed by atoms with Gasteiger partial charge < -0.3 is 19.2 Å². The van der Waals surface area contributed by atoms with E-state index in [1.807, 2.05) is 0 Å². The molecule has 1 amide bonds. The van der Waals surface area contributed by atoms with Gasteiger partial charge in [0, 0.05) is 24.0 Å². The molecule has 2 heterocycles. The summed E-state index contributed by atoms with van der Waals surface area (Å²) in [6.07, 6.45) is 1.46. The van der Waals surface area contributed by atoms with E-state index in [4.69, 9.17) is 13.9 Å². The summed E-state index contributed by atoms with van der Waals surface area (Å²) in [7, 11) is -3.66. The van der Waals surface area contributed by atoms with E-state index < -0.39 is 34.5 Å². The van der Waals surface area contributed by atoms with Crippen LogP contribution >= 0.6 is 11.3 Å². The number of rotatable bonds is 11. The topological polar surface area (TPSA) is 132 Å². The van der Waals surface area contributed by atoms with Gasteiger partial charge in [0.2, 0.25) is 10.0 Å². The van der Waals surface area contributed by atoms with E-state index in [9.17, 15) is 22.8 Å². The first-order chi connectivity index (χ1) is 17.2. The maximum atomic E-state index is 12.6.